The lowest BCUT2D eigenvalue weighted by molar-refractivity contribution is -0.119. The highest BCUT2D eigenvalue weighted by molar-refractivity contribution is 6.29. The number of halogens is 4. The van der Waals surface area contributed by atoms with E-state index in [0.29, 0.717) is 0 Å². The minimum absolute atomic E-state index is 0.111. The van der Waals surface area contributed by atoms with Gasteiger partial charge in [0.15, 0.2) is 0 Å². The van der Waals surface area contributed by atoms with Gasteiger partial charge in [0.05, 0.1) is 6.61 Å². The van der Waals surface area contributed by atoms with E-state index in [1.807, 2.05) is 0 Å². The van der Waals surface area contributed by atoms with Crippen LogP contribution in [-0.2, 0) is 0 Å². The molecule has 0 saturated heterocycles. The fourth-order valence-corrected chi connectivity index (χ4v) is 1.39. The molecule has 1 aromatic rings. The van der Waals surface area contributed by atoms with Gasteiger partial charge in [0.25, 0.3) is 0 Å². The molecule has 3 nitrogen and oxygen atoms in total. The van der Waals surface area contributed by atoms with Crippen LogP contribution >= 0.6 is 11.6 Å². The van der Waals surface area contributed by atoms with Crippen LogP contribution < -0.4 is 4.90 Å². The lowest BCUT2D eigenvalue weighted by Gasteiger charge is -2.24. The Labute approximate surface area is 95.5 Å². The highest BCUT2D eigenvalue weighted by Gasteiger charge is 2.30. The fraction of sp³-hybridized carbons (Fsp3) is 0.444. The molecule has 1 aromatic heterocycles. The minimum atomic E-state index is -4.33. The highest BCUT2D eigenvalue weighted by atomic mass is 35.5. The van der Waals surface area contributed by atoms with Crippen LogP contribution in [0.4, 0.5) is 18.9 Å². The predicted octanol–water partition coefficient (Wildman–Crippen LogP) is 2.10. The van der Waals surface area contributed by atoms with Crippen LogP contribution in [-0.4, -0.2) is 36.0 Å². The van der Waals surface area contributed by atoms with Crippen molar-refractivity contribution in [2.24, 2.45) is 0 Å². The summed E-state index contributed by atoms with van der Waals surface area (Å²) in [6.07, 6.45) is -3.01. The van der Waals surface area contributed by atoms with E-state index in [1.54, 1.807) is 0 Å². The maximum Gasteiger partial charge on any atom is 0.405 e. The lowest BCUT2D eigenvalue weighted by atomic mass is 10.3. The molecule has 1 heterocycles. The maximum absolute atomic E-state index is 12.2. The van der Waals surface area contributed by atoms with Gasteiger partial charge in [-0.1, -0.05) is 11.6 Å². The van der Waals surface area contributed by atoms with Crippen molar-refractivity contribution in [3.05, 3.63) is 23.5 Å². The zero-order chi connectivity index (χ0) is 12.2. The number of aromatic nitrogens is 1. The van der Waals surface area contributed by atoms with Crippen LogP contribution in [0.1, 0.15) is 0 Å². The Morgan fingerprint density at radius 2 is 2.12 bits per heavy atom. The summed E-state index contributed by atoms with van der Waals surface area (Å²) in [5.74, 6) is 0. The van der Waals surface area contributed by atoms with E-state index in [4.69, 9.17) is 16.7 Å². The van der Waals surface area contributed by atoms with E-state index in [0.717, 1.165) is 4.90 Å². The first-order valence-electron chi connectivity index (χ1n) is 4.46. The molecule has 0 aliphatic carbocycles. The molecule has 0 amide bonds. The number of aliphatic hydroxyl groups is 1. The average molecular weight is 255 g/mol. The van der Waals surface area contributed by atoms with Crippen molar-refractivity contribution in [2.75, 3.05) is 24.6 Å². The summed E-state index contributed by atoms with van der Waals surface area (Å²) in [6.45, 7) is -1.61. The summed E-state index contributed by atoms with van der Waals surface area (Å²) < 4.78 is 36.7. The fourth-order valence-electron chi connectivity index (χ4n) is 1.23. The van der Waals surface area contributed by atoms with Crippen LogP contribution in [0.2, 0.25) is 5.15 Å². The van der Waals surface area contributed by atoms with Gasteiger partial charge in [0, 0.05) is 18.4 Å². The third-order valence-electron chi connectivity index (χ3n) is 1.82. The molecule has 0 spiro atoms. The van der Waals surface area contributed by atoms with Gasteiger partial charge in [-0.25, -0.2) is 4.98 Å². The van der Waals surface area contributed by atoms with Crippen LogP contribution in [0.15, 0.2) is 18.3 Å². The average Bonchev–Trinajstić information content (AvgIpc) is 2.15. The van der Waals surface area contributed by atoms with Gasteiger partial charge in [0.1, 0.15) is 11.7 Å². The van der Waals surface area contributed by atoms with E-state index in [-0.39, 0.29) is 24.0 Å². The summed E-state index contributed by atoms with van der Waals surface area (Å²) in [6, 6.07) is 2.73. The molecule has 0 aliphatic heterocycles. The molecular weight excluding hydrogens is 245 g/mol. The topological polar surface area (TPSA) is 36.4 Å². The number of rotatable bonds is 4. The highest BCUT2D eigenvalue weighted by Crippen LogP contribution is 2.23. The minimum Gasteiger partial charge on any atom is -0.395 e. The molecule has 0 radical (unpaired) electrons. The molecule has 0 atom stereocenters. The van der Waals surface area contributed by atoms with E-state index in [9.17, 15) is 13.2 Å². The largest absolute Gasteiger partial charge is 0.405 e. The van der Waals surface area contributed by atoms with Gasteiger partial charge in [-0.15, -0.1) is 0 Å². The Morgan fingerprint density at radius 3 is 2.62 bits per heavy atom. The van der Waals surface area contributed by atoms with Gasteiger partial charge in [-0.2, -0.15) is 13.2 Å². The molecule has 90 valence electrons. The second-order valence-electron chi connectivity index (χ2n) is 3.10. The molecule has 0 saturated carbocycles. The molecule has 0 aromatic carbocycles. The van der Waals surface area contributed by atoms with Gasteiger partial charge in [-0.05, 0) is 12.1 Å². The van der Waals surface area contributed by atoms with Crippen molar-refractivity contribution in [1.29, 1.82) is 0 Å². The summed E-state index contributed by atoms with van der Waals surface area (Å²) in [5, 5.41) is 8.82. The molecule has 1 rings (SSSR count). The van der Waals surface area contributed by atoms with Crippen LogP contribution in [0.5, 0.6) is 0 Å². The van der Waals surface area contributed by atoms with Crippen molar-refractivity contribution >= 4 is 17.3 Å². The predicted molar refractivity (Wildman–Crippen MR) is 54.6 cm³/mol. The molecular formula is C9H10ClF3N2O. The molecule has 0 bridgehead atoms. The Balaban J connectivity index is 2.85. The summed E-state index contributed by atoms with van der Waals surface area (Å²) in [5.41, 5.74) is 0.284. The van der Waals surface area contributed by atoms with Crippen molar-refractivity contribution in [3.8, 4) is 0 Å². The van der Waals surface area contributed by atoms with Gasteiger partial charge >= 0.3 is 6.18 Å². The van der Waals surface area contributed by atoms with Gasteiger partial charge in [-0.3, -0.25) is 0 Å². The van der Waals surface area contributed by atoms with E-state index < -0.39 is 12.7 Å². The standard InChI is InChI=1S/C9H10ClF3N2O/c10-8-5-7(1-2-14-8)15(3-4-16)6-9(11,12)13/h1-2,5,16H,3-4,6H2. The first kappa shape index (κ1) is 13.1. The first-order chi connectivity index (χ1) is 7.42. The second kappa shape index (κ2) is 5.36. The zero-order valence-electron chi connectivity index (χ0n) is 8.21. The second-order valence-corrected chi connectivity index (χ2v) is 3.48. The van der Waals surface area contributed by atoms with Crippen LogP contribution in [0.25, 0.3) is 0 Å². The van der Waals surface area contributed by atoms with Crippen molar-refractivity contribution in [1.82, 2.24) is 4.98 Å². The SMILES string of the molecule is OCCN(CC(F)(F)F)c1ccnc(Cl)c1. The number of nitrogens with zero attached hydrogens (tertiary/aromatic N) is 2. The number of hydrogen-bond donors (Lipinski definition) is 1. The van der Waals surface area contributed by atoms with Crippen molar-refractivity contribution in [3.63, 3.8) is 0 Å². The molecule has 7 heteroatoms. The van der Waals surface area contributed by atoms with Crippen LogP contribution in [0.3, 0.4) is 0 Å². The number of pyridine rings is 1. The normalized spacial score (nSPS) is 11.6. The first-order valence-corrected chi connectivity index (χ1v) is 4.84. The zero-order valence-corrected chi connectivity index (χ0v) is 8.96. The third kappa shape index (κ3) is 4.24. The quantitative estimate of drug-likeness (QED) is 0.836. The molecule has 16 heavy (non-hydrogen) atoms. The summed E-state index contributed by atoms with van der Waals surface area (Å²) >= 11 is 5.58. The smallest absolute Gasteiger partial charge is 0.395 e. The maximum atomic E-state index is 12.2. The van der Waals surface area contributed by atoms with Gasteiger partial charge in [0.2, 0.25) is 0 Å². The molecule has 1 N–H and O–H groups in total. The third-order valence-corrected chi connectivity index (χ3v) is 2.02. The van der Waals surface area contributed by atoms with Crippen molar-refractivity contribution < 1.29 is 18.3 Å². The number of hydrogen-bond acceptors (Lipinski definition) is 3. The number of alkyl halides is 3. The van der Waals surface area contributed by atoms with Crippen LogP contribution in [0, 0.1) is 0 Å². The summed E-state index contributed by atoms with van der Waals surface area (Å²) in [7, 11) is 0. The van der Waals surface area contributed by atoms with E-state index in [2.05, 4.69) is 4.98 Å². The monoisotopic (exact) mass is 254 g/mol. The Kier molecular flexibility index (Phi) is 4.37. The molecule has 0 unspecified atom stereocenters. The number of aliphatic hydroxyl groups excluding tert-OH is 1. The number of anilines is 1. The van der Waals surface area contributed by atoms with E-state index >= 15 is 0 Å². The Morgan fingerprint density at radius 1 is 1.44 bits per heavy atom. The summed E-state index contributed by atoms with van der Waals surface area (Å²) in [4.78, 5) is 4.67. The lowest BCUT2D eigenvalue weighted by Crippen LogP contribution is -2.36. The van der Waals surface area contributed by atoms with Gasteiger partial charge < -0.3 is 10.0 Å². The molecule has 0 aliphatic rings. The van der Waals surface area contributed by atoms with Crippen molar-refractivity contribution in [2.45, 2.75) is 6.18 Å². The molecule has 0 fully saturated rings. The van der Waals surface area contributed by atoms with E-state index in [1.165, 1.54) is 18.3 Å². The Bertz CT molecular complexity index is 346. The Hall–Kier alpha value is -1.01.